The van der Waals surface area contributed by atoms with Crippen molar-refractivity contribution in [3.8, 4) is 11.3 Å². The number of rotatable bonds is 5. The SMILES string of the molecule is O=C1CSCN1CC(=O)N(c1ccccc1)c1nc(-c2ccc(F)cc2)cs1. The summed E-state index contributed by atoms with van der Waals surface area (Å²) in [5.41, 5.74) is 2.13. The van der Waals surface area contributed by atoms with Crippen LogP contribution in [-0.4, -0.2) is 39.9 Å². The third-order valence-electron chi connectivity index (χ3n) is 4.24. The van der Waals surface area contributed by atoms with Gasteiger partial charge in [0.2, 0.25) is 5.91 Å². The van der Waals surface area contributed by atoms with Gasteiger partial charge in [0.15, 0.2) is 5.13 Å². The molecule has 0 N–H and O–H groups in total. The van der Waals surface area contributed by atoms with Gasteiger partial charge in [-0.1, -0.05) is 18.2 Å². The van der Waals surface area contributed by atoms with Crippen LogP contribution in [-0.2, 0) is 9.59 Å². The Labute approximate surface area is 169 Å². The Balaban J connectivity index is 1.65. The molecule has 0 atom stereocenters. The average Bonchev–Trinajstić information content (AvgIpc) is 3.33. The Kier molecular flexibility index (Phi) is 5.40. The third-order valence-corrected chi connectivity index (χ3v) is 6.01. The number of thiazole rings is 1. The Bertz CT molecular complexity index is 992. The van der Waals surface area contributed by atoms with E-state index in [0.717, 1.165) is 5.56 Å². The first kappa shape index (κ1) is 18.6. The van der Waals surface area contributed by atoms with E-state index in [9.17, 15) is 14.0 Å². The van der Waals surface area contributed by atoms with Crippen molar-refractivity contribution in [3.05, 3.63) is 65.8 Å². The molecule has 142 valence electrons. The van der Waals surface area contributed by atoms with E-state index in [1.165, 1.54) is 40.1 Å². The summed E-state index contributed by atoms with van der Waals surface area (Å²) in [4.78, 5) is 32.7. The first-order chi connectivity index (χ1) is 13.6. The Hall–Kier alpha value is -2.71. The Morgan fingerprint density at radius 2 is 1.89 bits per heavy atom. The first-order valence-corrected chi connectivity index (χ1v) is 10.6. The van der Waals surface area contributed by atoms with Crippen LogP contribution < -0.4 is 4.90 Å². The van der Waals surface area contributed by atoms with Crippen molar-refractivity contribution in [2.24, 2.45) is 0 Å². The summed E-state index contributed by atoms with van der Waals surface area (Å²) in [6.45, 7) is 0.00614. The molecule has 28 heavy (non-hydrogen) atoms. The Morgan fingerprint density at radius 3 is 2.57 bits per heavy atom. The second kappa shape index (κ2) is 8.12. The zero-order valence-electron chi connectivity index (χ0n) is 14.7. The van der Waals surface area contributed by atoms with Crippen molar-refractivity contribution in [1.29, 1.82) is 0 Å². The number of benzene rings is 2. The summed E-state index contributed by atoms with van der Waals surface area (Å²) in [7, 11) is 0. The maximum Gasteiger partial charge on any atom is 0.253 e. The van der Waals surface area contributed by atoms with E-state index >= 15 is 0 Å². The molecule has 1 saturated heterocycles. The number of carbonyl (C=O) groups is 2. The molecular weight excluding hydrogens is 397 g/mol. The van der Waals surface area contributed by atoms with Gasteiger partial charge >= 0.3 is 0 Å². The molecule has 1 aliphatic heterocycles. The fraction of sp³-hybridized carbons (Fsp3) is 0.150. The summed E-state index contributed by atoms with van der Waals surface area (Å²) in [5.74, 6) is 0.365. The third kappa shape index (κ3) is 3.93. The van der Waals surface area contributed by atoms with Gasteiger partial charge in [-0.05, 0) is 36.4 Å². The fourth-order valence-corrected chi connectivity index (χ4v) is 4.61. The molecule has 2 aromatic carbocycles. The molecule has 8 heteroatoms. The minimum atomic E-state index is -0.312. The van der Waals surface area contributed by atoms with Crippen molar-refractivity contribution in [2.45, 2.75) is 0 Å². The summed E-state index contributed by atoms with van der Waals surface area (Å²) >= 11 is 2.83. The molecule has 5 nitrogen and oxygen atoms in total. The molecule has 0 saturated carbocycles. The normalized spacial score (nSPS) is 13.8. The Morgan fingerprint density at radius 1 is 1.14 bits per heavy atom. The molecule has 0 unspecified atom stereocenters. The highest BCUT2D eigenvalue weighted by molar-refractivity contribution is 8.00. The van der Waals surface area contributed by atoms with Crippen LogP contribution >= 0.6 is 23.1 Å². The number of aromatic nitrogens is 1. The van der Waals surface area contributed by atoms with Crippen molar-refractivity contribution in [2.75, 3.05) is 23.1 Å². The molecule has 2 heterocycles. The fourth-order valence-electron chi connectivity index (χ4n) is 2.83. The average molecular weight is 413 g/mol. The van der Waals surface area contributed by atoms with E-state index in [2.05, 4.69) is 4.98 Å². The minimum absolute atomic E-state index is 0.00614. The smallest absolute Gasteiger partial charge is 0.253 e. The molecule has 1 aliphatic rings. The van der Waals surface area contributed by atoms with E-state index in [0.29, 0.717) is 28.1 Å². The number of carbonyl (C=O) groups excluding carboxylic acids is 2. The highest BCUT2D eigenvalue weighted by atomic mass is 32.2. The lowest BCUT2D eigenvalue weighted by atomic mass is 10.2. The van der Waals surface area contributed by atoms with E-state index in [4.69, 9.17) is 0 Å². The van der Waals surface area contributed by atoms with Crippen LogP contribution in [0.3, 0.4) is 0 Å². The van der Waals surface area contributed by atoms with E-state index < -0.39 is 0 Å². The summed E-state index contributed by atoms with van der Waals surface area (Å²) in [5, 5.41) is 2.35. The monoisotopic (exact) mass is 413 g/mol. The summed E-state index contributed by atoms with van der Waals surface area (Å²) in [6, 6.07) is 15.3. The van der Waals surface area contributed by atoms with Crippen molar-refractivity contribution in [3.63, 3.8) is 0 Å². The minimum Gasteiger partial charge on any atom is -0.323 e. The van der Waals surface area contributed by atoms with Crippen LogP contribution in [0.2, 0.25) is 0 Å². The molecule has 3 aromatic rings. The van der Waals surface area contributed by atoms with Crippen LogP contribution in [0.15, 0.2) is 60.0 Å². The molecular formula is C20H16FN3O2S2. The van der Waals surface area contributed by atoms with Crippen molar-refractivity contribution < 1.29 is 14.0 Å². The van der Waals surface area contributed by atoms with Gasteiger partial charge in [-0.15, -0.1) is 23.1 Å². The van der Waals surface area contributed by atoms with Crippen LogP contribution in [0.25, 0.3) is 11.3 Å². The highest BCUT2D eigenvalue weighted by Crippen LogP contribution is 2.32. The number of nitrogens with zero attached hydrogens (tertiary/aromatic N) is 3. The number of para-hydroxylation sites is 1. The highest BCUT2D eigenvalue weighted by Gasteiger charge is 2.28. The number of hydrogen-bond donors (Lipinski definition) is 0. The maximum absolute atomic E-state index is 13.2. The van der Waals surface area contributed by atoms with Gasteiger partial charge in [0.05, 0.1) is 23.0 Å². The van der Waals surface area contributed by atoms with E-state index in [1.54, 1.807) is 17.0 Å². The lowest BCUT2D eigenvalue weighted by Gasteiger charge is -2.23. The van der Waals surface area contributed by atoms with Gasteiger partial charge in [-0.25, -0.2) is 9.37 Å². The molecule has 2 amide bonds. The van der Waals surface area contributed by atoms with E-state index in [-0.39, 0.29) is 24.2 Å². The molecule has 4 rings (SSSR count). The predicted octanol–water partition coefficient (Wildman–Crippen LogP) is 4.15. The van der Waals surface area contributed by atoms with Gasteiger partial charge in [-0.3, -0.25) is 14.5 Å². The molecule has 1 fully saturated rings. The maximum atomic E-state index is 13.2. The number of halogens is 1. The molecule has 0 aliphatic carbocycles. The van der Waals surface area contributed by atoms with Gasteiger partial charge in [-0.2, -0.15) is 0 Å². The van der Waals surface area contributed by atoms with Crippen LogP contribution in [0.1, 0.15) is 0 Å². The largest absolute Gasteiger partial charge is 0.323 e. The second-order valence-electron chi connectivity index (χ2n) is 6.16. The molecule has 0 spiro atoms. The first-order valence-electron chi connectivity index (χ1n) is 8.57. The van der Waals surface area contributed by atoms with Crippen molar-refractivity contribution >= 4 is 45.7 Å². The molecule has 1 aromatic heterocycles. The molecule has 0 radical (unpaired) electrons. The van der Waals surface area contributed by atoms with Gasteiger partial charge in [0.1, 0.15) is 12.4 Å². The van der Waals surface area contributed by atoms with Crippen LogP contribution in [0.4, 0.5) is 15.2 Å². The van der Waals surface area contributed by atoms with Gasteiger partial charge in [0, 0.05) is 10.9 Å². The predicted molar refractivity (Wildman–Crippen MR) is 110 cm³/mol. The van der Waals surface area contributed by atoms with Gasteiger partial charge in [0.25, 0.3) is 5.91 Å². The van der Waals surface area contributed by atoms with Crippen LogP contribution in [0, 0.1) is 5.82 Å². The van der Waals surface area contributed by atoms with Crippen LogP contribution in [0.5, 0.6) is 0 Å². The standard InChI is InChI=1S/C20H16FN3O2S2/c21-15-8-6-14(7-9-15)17-11-28-20(22-17)24(16-4-2-1-3-5-16)18(25)10-23-13-27-12-19(23)26/h1-9,11H,10,12-13H2. The second-order valence-corrected chi connectivity index (χ2v) is 7.95. The summed E-state index contributed by atoms with van der Waals surface area (Å²) in [6.07, 6.45) is 0. The topological polar surface area (TPSA) is 53.5 Å². The zero-order chi connectivity index (χ0) is 19.5. The number of amides is 2. The van der Waals surface area contributed by atoms with Gasteiger partial charge < -0.3 is 4.90 Å². The zero-order valence-corrected chi connectivity index (χ0v) is 16.4. The lowest BCUT2D eigenvalue weighted by molar-refractivity contribution is -0.131. The number of thioether (sulfide) groups is 1. The number of anilines is 2. The lowest BCUT2D eigenvalue weighted by Crippen LogP contribution is -2.39. The number of hydrogen-bond acceptors (Lipinski definition) is 5. The molecule has 0 bridgehead atoms. The summed E-state index contributed by atoms with van der Waals surface area (Å²) < 4.78 is 13.2. The quantitative estimate of drug-likeness (QED) is 0.631. The van der Waals surface area contributed by atoms with E-state index in [1.807, 2.05) is 35.7 Å². The van der Waals surface area contributed by atoms with Crippen molar-refractivity contribution in [1.82, 2.24) is 9.88 Å².